The summed E-state index contributed by atoms with van der Waals surface area (Å²) in [5.74, 6) is -0.477. The molecule has 134 valence electrons. The zero-order chi connectivity index (χ0) is 17.7. The fourth-order valence-corrected chi connectivity index (χ4v) is 5.27. The van der Waals surface area contributed by atoms with E-state index in [0.29, 0.717) is 17.4 Å². The Morgan fingerprint density at radius 3 is 2.50 bits per heavy atom. The van der Waals surface area contributed by atoms with Crippen LogP contribution in [-0.4, -0.2) is 69.0 Å². The van der Waals surface area contributed by atoms with Crippen LogP contribution in [0, 0.1) is 0 Å². The minimum atomic E-state index is -3.55. The highest BCUT2D eigenvalue weighted by Crippen LogP contribution is 2.28. The van der Waals surface area contributed by atoms with Crippen molar-refractivity contribution in [3.63, 3.8) is 0 Å². The predicted molar refractivity (Wildman–Crippen MR) is 89.7 cm³/mol. The normalized spacial score (nSPS) is 16.8. The lowest BCUT2D eigenvalue weighted by molar-refractivity contribution is -0.121. The molecular formula is C13H18ClN3O5S2. The van der Waals surface area contributed by atoms with Crippen molar-refractivity contribution in [2.24, 2.45) is 0 Å². The molecule has 24 heavy (non-hydrogen) atoms. The Balaban J connectivity index is 1.85. The molecule has 8 nitrogen and oxygen atoms in total. The van der Waals surface area contributed by atoms with Crippen LogP contribution in [0.5, 0.6) is 0 Å². The van der Waals surface area contributed by atoms with Crippen LogP contribution in [0.1, 0.15) is 6.92 Å². The molecule has 0 saturated carbocycles. The average Bonchev–Trinajstić information content (AvgIpc) is 2.95. The van der Waals surface area contributed by atoms with E-state index in [-0.39, 0.29) is 30.5 Å². The number of nitrogens with one attached hydrogen (secondary N) is 1. The number of halogens is 1. The van der Waals surface area contributed by atoms with Gasteiger partial charge in [-0.1, -0.05) is 11.6 Å². The molecule has 1 aromatic rings. The van der Waals surface area contributed by atoms with E-state index in [9.17, 15) is 18.0 Å². The van der Waals surface area contributed by atoms with Gasteiger partial charge in [-0.25, -0.2) is 13.2 Å². The van der Waals surface area contributed by atoms with Gasteiger partial charge >= 0.3 is 6.09 Å². The van der Waals surface area contributed by atoms with E-state index < -0.39 is 22.0 Å². The van der Waals surface area contributed by atoms with Gasteiger partial charge < -0.3 is 4.74 Å². The molecule has 0 spiro atoms. The van der Waals surface area contributed by atoms with Gasteiger partial charge in [0.05, 0.1) is 17.5 Å². The van der Waals surface area contributed by atoms with Gasteiger partial charge in [0.1, 0.15) is 4.21 Å². The summed E-state index contributed by atoms with van der Waals surface area (Å²) in [4.78, 5) is 24.6. The summed E-state index contributed by atoms with van der Waals surface area (Å²) in [5.41, 5.74) is 0. The first-order valence-electron chi connectivity index (χ1n) is 7.27. The summed E-state index contributed by atoms with van der Waals surface area (Å²) >= 11 is 6.81. The highest BCUT2D eigenvalue weighted by atomic mass is 35.5. The number of rotatable bonds is 5. The Bertz CT molecular complexity index is 698. The van der Waals surface area contributed by atoms with Gasteiger partial charge in [-0.05, 0) is 19.1 Å². The number of nitrogens with zero attached hydrogens (tertiary/aromatic N) is 2. The Labute approximate surface area is 149 Å². The molecule has 0 bridgehead atoms. The lowest BCUT2D eigenvalue weighted by atomic mass is 10.3. The molecule has 0 atom stereocenters. The van der Waals surface area contributed by atoms with Crippen LogP contribution >= 0.6 is 22.9 Å². The fraction of sp³-hybridized carbons (Fsp3) is 0.538. The highest BCUT2D eigenvalue weighted by molar-refractivity contribution is 7.91. The molecule has 11 heteroatoms. The minimum Gasteiger partial charge on any atom is -0.450 e. The first kappa shape index (κ1) is 19.1. The largest absolute Gasteiger partial charge is 0.450 e. The summed E-state index contributed by atoms with van der Waals surface area (Å²) in [6.45, 7) is 3.17. The number of alkyl carbamates (subject to hydrolysis) is 1. The zero-order valence-electron chi connectivity index (χ0n) is 13.0. The second-order valence-electron chi connectivity index (χ2n) is 5.01. The van der Waals surface area contributed by atoms with E-state index in [1.807, 2.05) is 0 Å². The Morgan fingerprint density at radius 1 is 1.29 bits per heavy atom. The summed E-state index contributed by atoms with van der Waals surface area (Å²) in [5, 5.41) is 2.11. The van der Waals surface area contributed by atoms with Crippen LogP contribution in [0.3, 0.4) is 0 Å². The number of sulfonamides is 1. The number of carbonyl (C=O) groups is 2. The maximum atomic E-state index is 12.5. The van der Waals surface area contributed by atoms with E-state index in [0.717, 1.165) is 11.3 Å². The average molecular weight is 396 g/mol. The number of thiophene rings is 1. The number of imide groups is 1. The summed E-state index contributed by atoms with van der Waals surface area (Å²) in [6, 6.07) is 3.04. The zero-order valence-corrected chi connectivity index (χ0v) is 15.4. The second-order valence-corrected chi connectivity index (χ2v) is 8.89. The first-order valence-corrected chi connectivity index (χ1v) is 9.91. The van der Waals surface area contributed by atoms with Gasteiger partial charge in [0.2, 0.25) is 5.91 Å². The smallest absolute Gasteiger partial charge is 0.413 e. The minimum absolute atomic E-state index is 0.0114. The third kappa shape index (κ3) is 4.90. The monoisotopic (exact) mass is 395 g/mol. The van der Waals surface area contributed by atoms with Gasteiger partial charge in [-0.2, -0.15) is 4.31 Å². The SMILES string of the molecule is CCOC(=O)NC(=O)CN1CCN(S(=O)(=O)c2ccc(Cl)s2)CC1. The third-order valence-corrected chi connectivity index (χ3v) is 6.96. The number of piperazine rings is 1. The topological polar surface area (TPSA) is 96.0 Å². The predicted octanol–water partition coefficient (Wildman–Crippen LogP) is 0.981. The molecule has 0 unspecified atom stereocenters. The summed E-state index contributed by atoms with van der Waals surface area (Å²) in [7, 11) is -3.55. The van der Waals surface area contributed by atoms with Crippen molar-refractivity contribution in [1.29, 1.82) is 0 Å². The van der Waals surface area contributed by atoms with Crippen LogP contribution in [0.25, 0.3) is 0 Å². The van der Waals surface area contributed by atoms with Crippen molar-refractivity contribution in [1.82, 2.24) is 14.5 Å². The van der Waals surface area contributed by atoms with E-state index in [4.69, 9.17) is 11.6 Å². The Morgan fingerprint density at radius 2 is 1.96 bits per heavy atom. The molecule has 2 heterocycles. The fourth-order valence-electron chi connectivity index (χ4n) is 2.22. The van der Waals surface area contributed by atoms with Crippen LogP contribution < -0.4 is 5.32 Å². The van der Waals surface area contributed by atoms with E-state index >= 15 is 0 Å². The molecule has 0 aliphatic carbocycles. The molecular weight excluding hydrogens is 378 g/mol. The molecule has 1 aliphatic rings. The van der Waals surface area contributed by atoms with Gasteiger partial charge in [-0.3, -0.25) is 15.0 Å². The Kier molecular flexibility index (Phi) is 6.58. The maximum Gasteiger partial charge on any atom is 0.413 e. The van der Waals surface area contributed by atoms with E-state index in [1.165, 1.54) is 10.4 Å². The van der Waals surface area contributed by atoms with Crippen molar-refractivity contribution in [2.45, 2.75) is 11.1 Å². The molecule has 2 amide bonds. The highest BCUT2D eigenvalue weighted by Gasteiger charge is 2.30. The molecule has 1 N–H and O–H groups in total. The van der Waals surface area contributed by atoms with Crippen molar-refractivity contribution in [3.05, 3.63) is 16.5 Å². The van der Waals surface area contributed by atoms with Crippen LogP contribution in [0.15, 0.2) is 16.3 Å². The van der Waals surface area contributed by atoms with Crippen LogP contribution in [0.2, 0.25) is 4.34 Å². The molecule has 1 aromatic heterocycles. The number of hydrogen-bond acceptors (Lipinski definition) is 7. The number of amides is 2. The molecule has 1 fully saturated rings. The molecule has 2 rings (SSSR count). The van der Waals surface area contributed by atoms with Crippen molar-refractivity contribution in [3.8, 4) is 0 Å². The molecule has 0 radical (unpaired) electrons. The lowest BCUT2D eigenvalue weighted by Gasteiger charge is -2.33. The summed E-state index contributed by atoms with van der Waals surface area (Å²) < 4.78 is 31.6. The number of hydrogen-bond donors (Lipinski definition) is 1. The van der Waals surface area contributed by atoms with Gasteiger partial charge in [0.15, 0.2) is 0 Å². The van der Waals surface area contributed by atoms with Crippen molar-refractivity contribution < 1.29 is 22.7 Å². The summed E-state index contributed by atoms with van der Waals surface area (Å²) in [6.07, 6.45) is -0.779. The molecule has 1 saturated heterocycles. The van der Waals surface area contributed by atoms with Crippen molar-refractivity contribution in [2.75, 3.05) is 39.3 Å². The standard InChI is InChI=1S/C13H18ClN3O5S2/c1-2-22-13(19)15-11(18)9-16-5-7-17(8-6-16)24(20,21)12-4-3-10(14)23-12/h3-4H,2,5-9H2,1H3,(H,15,18,19). The Hall–Kier alpha value is -1.20. The quantitative estimate of drug-likeness (QED) is 0.798. The van der Waals surface area contributed by atoms with Crippen molar-refractivity contribution >= 4 is 45.0 Å². The van der Waals surface area contributed by atoms with Crippen LogP contribution in [0.4, 0.5) is 4.79 Å². The van der Waals surface area contributed by atoms with E-state index in [2.05, 4.69) is 10.1 Å². The molecule has 0 aromatic carbocycles. The van der Waals surface area contributed by atoms with Gasteiger partial charge in [0, 0.05) is 26.2 Å². The second kappa shape index (κ2) is 8.26. The number of ether oxygens (including phenoxy) is 1. The lowest BCUT2D eigenvalue weighted by Crippen LogP contribution is -2.51. The van der Waals surface area contributed by atoms with Gasteiger partial charge in [-0.15, -0.1) is 11.3 Å². The van der Waals surface area contributed by atoms with Crippen LogP contribution in [-0.2, 0) is 19.6 Å². The van der Waals surface area contributed by atoms with E-state index in [1.54, 1.807) is 17.9 Å². The number of carbonyl (C=O) groups excluding carboxylic acids is 2. The molecule has 1 aliphatic heterocycles. The maximum absolute atomic E-state index is 12.5. The van der Waals surface area contributed by atoms with Gasteiger partial charge in [0.25, 0.3) is 10.0 Å². The first-order chi connectivity index (χ1) is 11.3. The third-order valence-electron chi connectivity index (χ3n) is 3.36.